The third kappa shape index (κ3) is 4.50. The van der Waals surface area contributed by atoms with Gasteiger partial charge in [0.05, 0.1) is 4.90 Å². The molecule has 2 fully saturated rings. The van der Waals surface area contributed by atoms with Crippen molar-refractivity contribution in [2.75, 3.05) is 26.2 Å². The molecule has 148 valence electrons. The summed E-state index contributed by atoms with van der Waals surface area (Å²) in [4.78, 5) is 25.6. The number of nitrogens with zero attached hydrogens (tertiary/aromatic N) is 2. The van der Waals surface area contributed by atoms with Gasteiger partial charge in [-0.25, -0.2) is 8.42 Å². The van der Waals surface area contributed by atoms with Gasteiger partial charge in [0.25, 0.3) is 5.91 Å². The number of benzene rings is 1. The average Bonchev–Trinajstić information content (AvgIpc) is 3.39. The molecule has 0 bridgehead atoms. The van der Waals surface area contributed by atoms with Crippen molar-refractivity contribution in [3.63, 3.8) is 0 Å². The molecule has 1 aliphatic heterocycles. The Bertz CT molecular complexity index is 816. The predicted molar refractivity (Wildman–Crippen MR) is 102 cm³/mol. The van der Waals surface area contributed by atoms with Crippen LogP contribution in [0.5, 0.6) is 0 Å². The maximum atomic E-state index is 12.9. The van der Waals surface area contributed by atoms with Gasteiger partial charge in [0.1, 0.15) is 0 Å². The second-order valence-corrected chi connectivity index (χ2v) is 9.24. The topological polar surface area (TPSA) is 86.8 Å². The number of nitrogens with one attached hydrogen (secondary N) is 1. The van der Waals surface area contributed by atoms with Crippen LogP contribution in [0.3, 0.4) is 0 Å². The number of carbonyl (C=O) groups is 2. The highest BCUT2D eigenvalue weighted by Gasteiger charge is 2.37. The summed E-state index contributed by atoms with van der Waals surface area (Å²) < 4.78 is 27.2. The third-order valence-corrected chi connectivity index (χ3v) is 7.21. The molecule has 1 saturated carbocycles. The van der Waals surface area contributed by atoms with Crippen LogP contribution in [0.2, 0.25) is 0 Å². The normalized spacial score (nSPS) is 23.1. The largest absolute Gasteiger partial charge is 0.349 e. The van der Waals surface area contributed by atoms with Gasteiger partial charge >= 0.3 is 0 Å². The lowest BCUT2D eigenvalue weighted by Crippen LogP contribution is -2.49. The van der Waals surface area contributed by atoms with E-state index in [1.165, 1.54) is 23.4 Å². The van der Waals surface area contributed by atoms with Crippen molar-refractivity contribution >= 4 is 21.8 Å². The van der Waals surface area contributed by atoms with Crippen LogP contribution in [0.4, 0.5) is 0 Å². The first-order chi connectivity index (χ1) is 12.8. The Morgan fingerprint density at radius 1 is 1.19 bits per heavy atom. The molecular weight excluding hydrogens is 366 g/mol. The second-order valence-electron chi connectivity index (χ2n) is 7.30. The highest BCUT2D eigenvalue weighted by Crippen LogP contribution is 2.34. The molecule has 1 aromatic rings. The van der Waals surface area contributed by atoms with Crippen LogP contribution >= 0.6 is 0 Å². The quantitative estimate of drug-likeness (QED) is 0.793. The summed E-state index contributed by atoms with van der Waals surface area (Å²) in [7, 11) is -3.68. The Kier molecular flexibility index (Phi) is 5.86. The zero-order valence-electron chi connectivity index (χ0n) is 15.8. The van der Waals surface area contributed by atoms with Crippen LogP contribution < -0.4 is 5.32 Å². The van der Waals surface area contributed by atoms with Gasteiger partial charge in [0.15, 0.2) is 0 Å². The molecule has 27 heavy (non-hydrogen) atoms. The summed E-state index contributed by atoms with van der Waals surface area (Å²) in [6.07, 6.45) is 3.20. The van der Waals surface area contributed by atoms with E-state index in [2.05, 4.69) is 12.2 Å². The van der Waals surface area contributed by atoms with E-state index in [1.54, 1.807) is 17.0 Å². The molecule has 1 N–H and O–H groups in total. The average molecular weight is 394 g/mol. The standard InChI is InChI=1S/C19H27N3O4S/c1-3-5-15-13-18(15)20-19(24)16-6-4-7-17(12-16)27(25,26)22-10-8-21(9-11-22)14(2)23/h4,6-7,12,15,18H,3,5,8-11,13H2,1-2H3,(H,20,24)/t15-,18+/m0/s1. The summed E-state index contributed by atoms with van der Waals surface area (Å²) in [5.74, 6) is 0.271. The Morgan fingerprint density at radius 3 is 2.52 bits per heavy atom. The zero-order chi connectivity index (χ0) is 19.6. The first kappa shape index (κ1) is 19.8. The van der Waals surface area contributed by atoms with Gasteiger partial charge < -0.3 is 10.2 Å². The monoisotopic (exact) mass is 393 g/mol. The van der Waals surface area contributed by atoms with Gasteiger partial charge in [-0.05, 0) is 37.0 Å². The van der Waals surface area contributed by atoms with Gasteiger partial charge in [-0.15, -0.1) is 0 Å². The smallest absolute Gasteiger partial charge is 0.251 e. The van der Waals surface area contributed by atoms with Gasteiger partial charge in [-0.2, -0.15) is 4.31 Å². The molecule has 2 aliphatic rings. The van der Waals surface area contributed by atoms with E-state index in [9.17, 15) is 18.0 Å². The number of sulfonamides is 1. The van der Waals surface area contributed by atoms with Crippen molar-refractivity contribution in [3.8, 4) is 0 Å². The minimum Gasteiger partial charge on any atom is -0.349 e. The fraction of sp³-hybridized carbons (Fsp3) is 0.579. The summed E-state index contributed by atoms with van der Waals surface area (Å²) in [6.45, 7) is 4.90. The number of rotatable bonds is 6. The first-order valence-electron chi connectivity index (χ1n) is 9.49. The molecule has 2 amide bonds. The van der Waals surface area contributed by atoms with Crippen molar-refractivity contribution in [2.45, 2.75) is 44.0 Å². The molecule has 1 aromatic carbocycles. The van der Waals surface area contributed by atoms with Crippen molar-refractivity contribution < 1.29 is 18.0 Å². The van der Waals surface area contributed by atoms with Crippen LogP contribution in [0.1, 0.15) is 43.5 Å². The minimum absolute atomic E-state index is 0.0489. The highest BCUT2D eigenvalue weighted by atomic mass is 32.2. The van der Waals surface area contributed by atoms with Gasteiger partial charge in [0.2, 0.25) is 15.9 Å². The SMILES string of the molecule is CCC[C@H]1C[C@H]1NC(=O)c1cccc(S(=O)(=O)N2CCN(C(C)=O)CC2)c1. The van der Waals surface area contributed by atoms with E-state index < -0.39 is 10.0 Å². The maximum Gasteiger partial charge on any atom is 0.251 e. The number of hydrogen-bond donors (Lipinski definition) is 1. The molecule has 7 nitrogen and oxygen atoms in total. The van der Waals surface area contributed by atoms with Crippen LogP contribution in [0, 0.1) is 5.92 Å². The lowest BCUT2D eigenvalue weighted by molar-refractivity contribution is -0.129. The van der Waals surface area contributed by atoms with Crippen LogP contribution in [-0.2, 0) is 14.8 Å². The fourth-order valence-corrected chi connectivity index (χ4v) is 5.02. The number of amides is 2. The van der Waals surface area contributed by atoms with Crippen LogP contribution in [-0.4, -0.2) is 61.7 Å². The van der Waals surface area contributed by atoms with Gasteiger partial charge in [0, 0.05) is 44.7 Å². The number of hydrogen-bond acceptors (Lipinski definition) is 4. The predicted octanol–water partition coefficient (Wildman–Crippen LogP) is 1.46. The zero-order valence-corrected chi connectivity index (χ0v) is 16.7. The van der Waals surface area contributed by atoms with Gasteiger partial charge in [-0.1, -0.05) is 19.4 Å². The van der Waals surface area contributed by atoms with Crippen LogP contribution in [0.15, 0.2) is 29.2 Å². The summed E-state index contributed by atoms with van der Waals surface area (Å²) >= 11 is 0. The molecular formula is C19H27N3O4S. The summed E-state index contributed by atoms with van der Waals surface area (Å²) in [5, 5.41) is 2.99. The van der Waals surface area contributed by atoms with Gasteiger partial charge in [-0.3, -0.25) is 9.59 Å². The minimum atomic E-state index is -3.68. The highest BCUT2D eigenvalue weighted by molar-refractivity contribution is 7.89. The lowest BCUT2D eigenvalue weighted by Gasteiger charge is -2.33. The molecule has 0 radical (unpaired) electrons. The lowest BCUT2D eigenvalue weighted by atomic mass is 10.2. The molecule has 2 atom stereocenters. The first-order valence-corrected chi connectivity index (χ1v) is 10.9. The van der Waals surface area contributed by atoms with Crippen molar-refractivity contribution in [3.05, 3.63) is 29.8 Å². The Morgan fingerprint density at radius 2 is 1.89 bits per heavy atom. The Labute approximate surface area is 160 Å². The van der Waals surface area contributed by atoms with E-state index >= 15 is 0 Å². The van der Waals surface area contributed by atoms with Crippen molar-refractivity contribution in [1.82, 2.24) is 14.5 Å². The summed E-state index contributed by atoms with van der Waals surface area (Å²) in [6, 6.07) is 6.40. The Hall–Kier alpha value is -1.93. The van der Waals surface area contributed by atoms with Crippen molar-refractivity contribution in [2.24, 2.45) is 5.92 Å². The second kappa shape index (κ2) is 7.98. The van der Waals surface area contributed by atoms with E-state index in [0.29, 0.717) is 24.6 Å². The van der Waals surface area contributed by atoms with E-state index in [1.807, 2.05) is 0 Å². The fourth-order valence-electron chi connectivity index (χ4n) is 3.56. The number of piperazine rings is 1. The maximum absolute atomic E-state index is 12.9. The molecule has 1 saturated heterocycles. The Balaban J connectivity index is 1.67. The molecule has 3 rings (SSSR count). The molecule has 1 aliphatic carbocycles. The van der Waals surface area contributed by atoms with E-state index in [-0.39, 0.29) is 35.8 Å². The molecule has 1 heterocycles. The number of carbonyl (C=O) groups excluding carboxylic acids is 2. The van der Waals surface area contributed by atoms with E-state index in [4.69, 9.17) is 0 Å². The molecule has 0 unspecified atom stereocenters. The summed E-state index contributed by atoms with van der Waals surface area (Å²) in [5.41, 5.74) is 0.362. The molecule has 0 spiro atoms. The molecule has 8 heteroatoms. The third-order valence-electron chi connectivity index (χ3n) is 5.32. The van der Waals surface area contributed by atoms with Crippen molar-refractivity contribution in [1.29, 1.82) is 0 Å². The molecule has 0 aromatic heterocycles. The van der Waals surface area contributed by atoms with Crippen LogP contribution in [0.25, 0.3) is 0 Å². The van der Waals surface area contributed by atoms with E-state index in [0.717, 1.165) is 19.3 Å².